The molecule has 0 saturated heterocycles. The Hall–Kier alpha value is -2.36. The number of benzene rings is 3. The highest BCUT2D eigenvalue weighted by Crippen LogP contribution is 2.13. The van der Waals surface area contributed by atoms with Crippen molar-refractivity contribution in [3.05, 3.63) is 89.5 Å². The Morgan fingerprint density at radius 1 is 0.704 bits per heavy atom. The lowest BCUT2D eigenvalue weighted by molar-refractivity contribution is -0.131. The number of carbonyl (C=O) groups is 1. The zero-order valence-corrected chi connectivity index (χ0v) is 17.6. The van der Waals surface area contributed by atoms with Crippen molar-refractivity contribution >= 4 is 41.4 Å². The molecule has 0 amide bonds. The van der Waals surface area contributed by atoms with Crippen molar-refractivity contribution in [3.8, 4) is 0 Å². The highest BCUT2D eigenvalue weighted by Gasteiger charge is 2.45. The molecule has 0 bridgehead atoms. The van der Waals surface area contributed by atoms with Crippen molar-refractivity contribution in [1.82, 2.24) is 0 Å². The largest absolute Gasteiger partial charge is 0.505 e. The molecule has 3 aromatic carbocycles. The summed E-state index contributed by atoms with van der Waals surface area (Å²) in [7, 11) is -3.01. The van der Waals surface area contributed by atoms with E-state index in [2.05, 4.69) is 93.6 Å². The van der Waals surface area contributed by atoms with Crippen LogP contribution in [0.1, 0.15) is 16.7 Å². The molecule has 0 radical (unpaired) electrons. The molecular formula is C23H23ClO2Si. The van der Waals surface area contributed by atoms with Crippen LogP contribution in [0.5, 0.6) is 0 Å². The molecule has 3 aromatic rings. The Bertz CT molecular complexity index is 805. The summed E-state index contributed by atoms with van der Waals surface area (Å²) in [5.41, 5.74) is 3.49. The van der Waals surface area contributed by atoms with Crippen LogP contribution in [-0.2, 0) is 9.22 Å². The fraction of sp³-hybridized carbons (Fsp3) is 0.174. The molecule has 0 unspecified atom stereocenters. The van der Waals surface area contributed by atoms with Gasteiger partial charge < -0.3 is 4.43 Å². The maximum atomic E-state index is 12.4. The minimum atomic E-state index is -3.01. The van der Waals surface area contributed by atoms with Gasteiger partial charge in [-0.2, -0.15) is 0 Å². The van der Waals surface area contributed by atoms with Gasteiger partial charge in [-0.1, -0.05) is 89.5 Å². The summed E-state index contributed by atoms with van der Waals surface area (Å²) < 4.78 is 6.23. The smallest absolute Gasteiger partial charge is 0.350 e. The number of alkyl halides is 1. The van der Waals surface area contributed by atoms with Crippen LogP contribution in [0.15, 0.2) is 72.8 Å². The number of halogens is 1. The predicted molar refractivity (Wildman–Crippen MR) is 115 cm³/mol. The summed E-state index contributed by atoms with van der Waals surface area (Å²) in [5.74, 6) is -0.566. The van der Waals surface area contributed by atoms with Gasteiger partial charge in [0, 0.05) is 0 Å². The third-order valence-electron chi connectivity index (χ3n) is 4.75. The quantitative estimate of drug-likeness (QED) is 0.377. The van der Waals surface area contributed by atoms with Crippen LogP contribution in [0.25, 0.3) is 0 Å². The van der Waals surface area contributed by atoms with Crippen LogP contribution < -0.4 is 15.6 Å². The minimum absolute atomic E-state index is 0.168. The second-order valence-electron chi connectivity index (χ2n) is 6.89. The van der Waals surface area contributed by atoms with Gasteiger partial charge in [0.05, 0.1) is 0 Å². The Balaban J connectivity index is 2.32. The molecule has 0 saturated carbocycles. The van der Waals surface area contributed by atoms with E-state index in [9.17, 15) is 4.79 Å². The monoisotopic (exact) mass is 394 g/mol. The van der Waals surface area contributed by atoms with Gasteiger partial charge in [0.25, 0.3) is 0 Å². The molecule has 4 heteroatoms. The molecule has 0 spiro atoms. The van der Waals surface area contributed by atoms with Crippen LogP contribution >= 0.6 is 11.6 Å². The van der Waals surface area contributed by atoms with E-state index in [0.29, 0.717) is 0 Å². The van der Waals surface area contributed by atoms with Crippen LogP contribution in [0, 0.1) is 20.8 Å². The van der Waals surface area contributed by atoms with Crippen molar-refractivity contribution in [2.24, 2.45) is 0 Å². The molecule has 0 aliphatic heterocycles. The van der Waals surface area contributed by atoms with Crippen LogP contribution in [-0.4, -0.2) is 20.2 Å². The highest BCUT2D eigenvalue weighted by atomic mass is 35.5. The maximum Gasteiger partial charge on any atom is 0.350 e. The number of hydrogen-bond donors (Lipinski definition) is 0. The van der Waals surface area contributed by atoms with Crippen molar-refractivity contribution in [1.29, 1.82) is 0 Å². The maximum absolute atomic E-state index is 12.4. The lowest BCUT2D eigenvalue weighted by Gasteiger charge is -2.32. The van der Waals surface area contributed by atoms with E-state index in [-0.39, 0.29) is 5.88 Å². The first kappa shape index (κ1) is 19.4. The van der Waals surface area contributed by atoms with Gasteiger partial charge in [0.2, 0.25) is 0 Å². The van der Waals surface area contributed by atoms with Gasteiger partial charge in [-0.3, -0.25) is 4.79 Å². The van der Waals surface area contributed by atoms with Gasteiger partial charge in [-0.05, 0) is 36.3 Å². The average molecular weight is 395 g/mol. The van der Waals surface area contributed by atoms with Crippen molar-refractivity contribution < 1.29 is 9.22 Å². The Kier molecular flexibility index (Phi) is 5.83. The molecule has 0 atom stereocenters. The second-order valence-corrected chi connectivity index (χ2v) is 10.5. The number of rotatable bonds is 5. The summed E-state index contributed by atoms with van der Waals surface area (Å²) in [6.07, 6.45) is 0. The van der Waals surface area contributed by atoms with Crippen LogP contribution in [0.4, 0.5) is 0 Å². The fourth-order valence-corrected chi connectivity index (χ4v) is 7.06. The van der Waals surface area contributed by atoms with E-state index in [1.807, 2.05) is 0 Å². The zero-order chi connectivity index (χ0) is 19.4. The molecule has 0 N–H and O–H groups in total. The van der Waals surface area contributed by atoms with Gasteiger partial charge in [0.15, 0.2) is 0 Å². The normalized spacial score (nSPS) is 11.3. The summed E-state index contributed by atoms with van der Waals surface area (Å²) in [6.45, 7) is 6.15. The Labute approximate surface area is 166 Å². The lowest BCUT2D eigenvalue weighted by atomic mass is 10.2. The number of aryl methyl sites for hydroxylation is 3. The van der Waals surface area contributed by atoms with E-state index in [1.54, 1.807) is 0 Å². The third-order valence-corrected chi connectivity index (χ3v) is 8.94. The molecule has 27 heavy (non-hydrogen) atoms. The van der Waals surface area contributed by atoms with Crippen molar-refractivity contribution in [2.45, 2.75) is 20.8 Å². The van der Waals surface area contributed by atoms with Crippen LogP contribution in [0.3, 0.4) is 0 Å². The zero-order valence-electron chi connectivity index (χ0n) is 15.8. The summed E-state index contributed by atoms with van der Waals surface area (Å²) >= 11 is 5.84. The molecule has 3 rings (SSSR count). The first-order valence-electron chi connectivity index (χ1n) is 8.95. The molecule has 2 nitrogen and oxygen atoms in total. The number of hydrogen-bond acceptors (Lipinski definition) is 2. The Morgan fingerprint density at radius 2 is 1.00 bits per heavy atom. The molecule has 138 valence electrons. The molecule has 0 aliphatic carbocycles. The molecular weight excluding hydrogens is 372 g/mol. The van der Waals surface area contributed by atoms with E-state index >= 15 is 0 Å². The van der Waals surface area contributed by atoms with Crippen molar-refractivity contribution in [2.75, 3.05) is 5.88 Å². The van der Waals surface area contributed by atoms with Gasteiger partial charge in [0.1, 0.15) is 5.88 Å². The lowest BCUT2D eigenvalue weighted by Crippen LogP contribution is -2.70. The highest BCUT2D eigenvalue weighted by molar-refractivity contribution is 7.07. The van der Waals surface area contributed by atoms with Gasteiger partial charge in [-0.25, -0.2) is 0 Å². The summed E-state index contributed by atoms with van der Waals surface area (Å²) in [4.78, 5) is 12.4. The van der Waals surface area contributed by atoms with E-state index in [1.165, 1.54) is 0 Å². The molecule has 0 fully saturated rings. The van der Waals surface area contributed by atoms with E-state index in [0.717, 1.165) is 32.3 Å². The first-order valence-corrected chi connectivity index (χ1v) is 11.4. The minimum Gasteiger partial charge on any atom is -0.505 e. The van der Waals surface area contributed by atoms with Crippen LogP contribution in [0.2, 0.25) is 0 Å². The predicted octanol–water partition coefficient (Wildman–Crippen LogP) is 3.36. The number of carbonyl (C=O) groups excluding carboxylic acids is 1. The molecule has 0 aliphatic rings. The summed E-state index contributed by atoms with van der Waals surface area (Å²) in [6, 6.07) is 24.8. The molecule has 0 aromatic heterocycles. The molecule has 0 heterocycles. The Morgan fingerprint density at radius 3 is 1.26 bits per heavy atom. The van der Waals surface area contributed by atoms with Crippen molar-refractivity contribution in [3.63, 3.8) is 0 Å². The fourth-order valence-electron chi connectivity index (χ4n) is 3.24. The SMILES string of the molecule is Cc1ccc([Si](OC(=O)CCl)(c2ccc(C)cc2)c2ccc(C)cc2)cc1. The average Bonchev–Trinajstić information content (AvgIpc) is 2.68. The third kappa shape index (κ3) is 3.99. The summed E-state index contributed by atoms with van der Waals surface area (Å²) in [5, 5.41) is 3.08. The van der Waals surface area contributed by atoms with E-state index < -0.39 is 14.3 Å². The first-order chi connectivity index (χ1) is 13.0. The topological polar surface area (TPSA) is 26.3 Å². The second kappa shape index (κ2) is 8.11. The van der Waals surface area contributed by atoms with Gasteiger partial charge in [-0.15, -0.1) is 11.6 Å². The standard InChI is InChI=1S/C23H23ClO2Si/c1-17-4-10-20(11-5-17)27(26-23(25)16-24,21-12-6-18(2)7-13-21)22-14-8-19(3)9-15-22/h4-15H,16H2,1-3H3. The van der Waals surface area contributed by atoms with Gasteiger partial charge >= 0.3 is 14.3 Å². The van der Waals surface area contributed by atoms with E-state index in [4.69, 9.17) is 16.0 Å².